The molecule has 3 rings (SSSR count). The molecule has 0 aromatic carbocycles. The summed E-state index contributed by atoms with van der Waals surface area (Å²) < 4.78 is 0. The molecule has 3 heterocycles. The van der Waals surface area contributed by atoms with E-state index in [4.69, 9.17) is 5.73 Å². The van der Waals surface area contributed by atoms with Crippen molar-refractivity contribution in [3.05, 3.63) is 50.8 Å². The lowest BCUT2D eigenvalue weighted by Gasteiger charge is -2.26. The first-order valence-electron chi connectivity index (χ1n) is 8.58. The summed E-state index contributed by atoms with van der Waals surface area (Å²) in [5, 5.41) is 2.65. The van der Waals surface area contributed by atoms with Gasteiger partial charge in [-0.3, -0.25) is 19.4 Å². The van der Waals surface area contributed by atoms with Crippen LogP contribution in [0.1, 0.15) is 24.2 Å². The van der Waals surface area contributed by atoms with Crippen LogP contribution in [0, 0.1) is 0 Å². The topological polar surface area (TPSA) is 170 Å². The summed E-state index contributed by atoms with van der Waals surface area (Å²) in [7, 11) is 0. The number of carbonyl (C=O) groups is 2. The zero-order valence-corrected chi connectivity index (χ0v) is 14.5. The fourth-order valence-corrected chi connectivity index (χ4v) is 3.15. The fraction of sp³-hybridized carbons (Fsp3) is 0.438. The van der Waals surface area contributed by atoms with Gasteiger partial charge >= 0.3 is 5.69 Å². The maximum Gasteiger partial charge on any atom is 0.325 e. The van der Waals surface area contributed by atoms with E-state index in [1.54, 1.807) is 6.20 Å². The SMILES string of the molecule is N[C@@H](Cc1c[nH]cn1)C(=O)N1CCC[C@@H]1C(=O)NCc1cc(=O)[nH]c(=O)[nH]1. The van der Waals surface area contributed by atoms with Gasteiger partial charge in [-0.25, -0.2) is 9.78 Å². The molecule has 11 heteroatoms. The lowest BCUT2D eigenvalue weighted by atomic mass is 10.1. The molecule has 1 saturated heterocycles. The van der Waals surface area contributed by atoms with Crippen molar-refractivity contribution in [3.63, 3.8) is 0 Å². The molecule has 0 aliphatic carbocycles. The van der Waals surface area contributed by atoms with Crippen molar-refractivity contribution in [1.82, 2.24) is 30.2 Å². The molecule has 2 aromatic rings. The Labute approximate surface area is 153 Å². The molecule has 1 aliphatic heterocycles. The van der Waals surface area contributed by atoms with Crippen molar-refractivity contribution in [1.29, 1.82) is 0 Å². The summed E-state index contributed by atoms with van der Waals surface area (Å²) >= 11 is 0. The number of amides is 2. The monoisotopic (exact) mass is 375 g/mol. The van der Waals surface area contributed by atoms with E-state index in [-0.39, 0.29) is 30.5 Å². The minimum atomic E-state index is -0.786. The van der Waals surface area contributed by atoms with Crippen LogP contribution in [-0.2, 0) is 22.6 Å². The van der Waals surface area contributed by atoms with E-state index in [0.717, 1.165) is 0 Å². The Balaban J connectivity index is 1.60. The third-order valence-electron chi connectivity index (χ3n) is 4.41. The Morgan fingerprint density at radius 1 is 1.37 bits per heavy atom. The molecule has 0 radical (unpaired) electrons. The lowest BCUT2D eigenvalue weighted by molar-refractivity contribution is -0.139. The highest BCUT2D eigenvalue weighted by Crippen LogP contribution is 2.19. The van der Waals surface area contributed by atoms with Gasteiger partial charge in [-0.05, 0) is 12.8 Å². The van der Waals surface area contributed by atoms with Gasteiger partial charge in [0.15, 0.2) is 0 Å². The number of carbonyl (C=O) groups excluding carboxylic acids is 2. The van der Waals surface area contributed by atoms with Crippen molar-refractivity contribution < 1.29 is 9.59 Å². The maximum atomic E-state index is 12.6. The van der Waals surface area contributed by atoms with E-state index >= 15 is 0 Å². The van der Waals surface area contributed by atoms with E-state index < -0.39 is 23.3 Å². The van der Waals surface area contributed by atoms with Crippen LogP contribution >= 0.6 is 0 Å². The predicted octanol–water partition coefficient (Wildman–Crippen LogP) is -2.04. The molecule has 6 N–H and O–H groups in total. The summed E-state index contributed by atoms with van der Waals surface area (Å²) in [5.74, 6) is -0.658. The molecule has 1 fully saturated rings. The van der Waals surface area contributed by atoms with E-state index in [1.807, 2.05) is 0 Å². The van der Waals surface area contributed by atoms with Gasteiger partial charge in [-0.1, -0.05) is 0 Å². The second-order valence-corrected chi connectivity index (χ2v) is 6.39. The number of imidazole rings is 1. The fourth-order valence-electron chi connectivity index (χ4n) is 3.15. The number of H-pyrrole nitrogens is 3. The first-order chi connectivity index (χ1) is 12.9. The van der Waals surface area contributed by atoms with E-state index in [0.29, 0.717) is 25.1 Å². The van der Waals surface area contributed by atoms with Gasteiger partial charge in [-0.15, -0.1) is 0 Å². The molecule has 0 unspecified atom stereocenters. The Kier molecular flexibility index (Phi) is 5.50. The van der Waals surface area contributed by atoms with Gasteiger partial charge in [0.2, 0.25) is 11.8 Å². The largest absolute Gasteiger partial charge is 0.351 e. The summed E-state index contributed by atoms with van der Waals surface area (Å²) in [5.41, 5.74) is 5.75. The number of nitrogens with one attached hydrogen (secondary N) is 4. The van der Waals surface area contributed by atoms with Crippen LogP contribution in [-0.4, -0.2) is 55.3 Å². The first kappa shape index (κ1) is 18.6. The average Bonchev–Trinajstić information content (AvgIpc) is 3.29. The van der Waals surface area contributed by atoms with Crippen molar-refractivity contribution in [3.8, 4) is 0 Å². The summed E-state index contributed by atoms with van der Waals surface area (Å²) in [6.45, 7) is 0.433. The van der Waals surface area contributed by atoms with Crippen LogP contribution in [0.25, 0.3) is 0 Å². The van der Waals surface area contributed by atoms with Crippen LogP contribution in [0.4, 0.5) is 0 Å². The molecule has 0 bridgehead atoms. The smallest absolute Gasteiger partial charge is 0.325 e. The van der Waals surface area contributed by atoms with Gasteiger partial charge in [0.1, 0.15) is 6.04 Å². The maximum absolute atomic E-state index is 12.6. The Hall–Kier alpha value is -3.21. The number of hydrogen-bond acceptors (Lipinski definition) is 6. The number of nitrogens with two attached hydrogens (primary N) is 1. The van der Waals surface area contributed by atoms with E-state index in [2.05, 4.69) is 25.3 Å². The molecule has 144 valence electrons. The molecule has 1 aliphatic rings. The minimum absolute atomic E-state index is 0.0180. The van der Waals surface area contributed by atoms with Gasteiger partial charge in [0.05, 0.1) is 24.6 Å². The standard InChI is InChI=1S/C16H21N7O4/c17-11(4-9-6-18-8-20-9)15(26)23-3-1-2-12(23)14(25)19-7-10-5-13(24)22-16(27)21-10/h5-6,8,11-12H,1-4,7,17H2,(H,18,20)(H,19,25)(H2,21,22,24,27)/t11-,12+/m0/s1. The summed E-state index contributed by atoms with van der Waals surface area (Å²) in [4.78, 5) is 60.5. The Morgan fingerprint density at radius 2 is 2.19 bits per heavy atom. The third kappa shape index (κ3) is 4.50. The zero-order chi connectivity index (χ0) is 19.4. The molecule has 11 nitrogen and oxygen atoms in total. The molecule has 0 spiro atoms. The minimum Gasteiger partial charge on any atom is -0.351 e. The highest BCUT2D eigenvalue weighted by molar-refractivity contribution is 5.90. The average molecular weight is 375 g/mol. The number of aromatic nitrogens is 4. The molecule has 2 amide bonds. The van der Waals surface area contributed by atoms with E-state index in [1.165, 1.54) is 17.3 Å². The molecular formula is C16H21N7O4. The van der Waals surface area contributed by atoms with Crippen LogP contribution in [0.2, 0.25) is 0 Å². The summed E-state index contributed by atoms with van der Waals surface area (Å²) in [6, 6.07) is -0.221. The number of nitrogens with zero attached hydrogens (tertiary/aromatic N) is 2. The quantitative estimate of drug-likeness (QED) is 0.389. The van der Waals surface area contributed by atoms with Gasteiger partial charge < -0.3 is 25.9 Å². The Bertz CT molecular complexity index is 889. The number of aromatic amines is 3. The zero-order valence-electron chi connectivity index (χ0n) is 14.5. The molecule has 27 heavy (non-hydrogen) atoms. The molecule has 0 saturated carbocycles. The summed E-state index contributed by atoms with van der Waals surface area (Å²) in [6.07, 6.45) is 4.68. The van der Waals surface area contributed by atoms with Crippen LogP contribution in [0.5, 0.6) is 0 Å². The second-order valence-electron chi connectivity index (χ2n) is 6.39. The third-order valence-corrected chi connectivity index (χ3v) is 4.41. The van der Waals surface area contributed by atoms with Gasteiger partial charge in [0, 0.05) is 30.9 Å². The Morgan fingerprint density at radius 3 is 2.89 bits per heavy atom. The predicted molar refractivity (Wildman–Crippen MR) is 94.5 cm³/mol. The van der Waals surface area contributed by atoms with Crippen molar-refractivity contribution >= 4 is 11.8 Å². The first-order valence-corrected chi connectivity index (χ1v) is 8.58. The van der Waals surface area contributed by atoms with Crippen LogP contribution in [0.3, 0.4) is 0 Å². The van der Waals surface area contributed by atoms with E-state index in [9.17, 15) is 19.2 Å². The number of likely N-dealkylation sites (tertiary alicyclic amines) is 1. The second kappa shape index (κ2) is 7.99. The van der Waals surface area contributed by atoms with Gasteiger partial charge in [-0.2, -0.15) is 0 Å². The van der Waals surface area contributed by atoms with Crippen molar-refractivity contribution in [2.45, 2.75) is 37.9 Å². The molecular weight excluding hydrogens is 354 g/mol. The van der Waals surface area contributed by atoms with Crippen LogP contribution < -0.4 is 22.3 Å². The highest BCUT2D eigenvalue weighted by Gasteiger charge is 2.36. The number of hydrogen-bond donors (Lipinski definition) is 5. The molecule has 2 aromatic heterocycles. The van der Waals surface area contributed by atoms with Crippen molar-refractivity contribution in [2.24, 2.45) is 5.73 Å². The number of rotatable bonds is 6. The van der Waals surface area contributed by atoms with Gasteiger partial charge in [0.25, 0.3) is 5.56 Å². The normalized spacial score (nSPS) is 17.7. The van der Waals surface area contributed by atoms with Crippen molar-refractivity contribution in [2.75, 3.05) is 6.54 Å². The van der Waals surface area contributed by atoms with Crippen LogP contribution in [0.15, 0.2) is 28.2 Å². The lowest BCUT2D eigenvalue weighted by Crippen LogP contribution is -2.51. The molecule has 2 atom stereocenters. The highest BCUT2D eigenvalue weighted by atomic mass is 16.2.